The van der Waals surface area contributed by atoms with Crippen LogP contribution in [0, 0.1) is 11.8 Å². The van der Waals surface area contributed by atoms with E-state index in [-0.39, 0.29) is 11.9 Å². The molecule has 1 unspecified atom stereocenters. The summed E-state index contributed by atoms with van der Waals surface area (Å²) in [7, 11) is 0. The fourth-order valence-electron chi connectivity index (χ4n) is 5.03. The predicted molar refractivity (Wildman–Crippen MR) is 124 cm³/mol. The van der Waals surface area contributed by atoms with Gasteiger partial charge in [-0.05, 0) is 44.4 Å². The Morgan fingerprint density at radius 1 is 1.07 bits per heavy atom. The lowest BCUT2D eigenvalue weighted by molar-refractivity contribution is -0.131. The van der Waals surface area contributed by atoms with Crippen LogP contribution in [-0.4, -0.2) is 47.7 Å². The summed E-state index contributed by atoms with van der Waals surface area (Å²) in [5.41, 5.74) is 5.64. The molecule has 2 rings (SSSR count). The summed E-state index contributed by atoms with van der Waals surface area (Å²) >= 11 is 0. The van der Waals surface area contributed by atoms with E-state index in [1.807, 2.05) is 4.90 Å². The third-order valence-corrected chi connectivity index (χ3v) is 6.95. The van der Waals surface area contributed by atoms with Crippen LogP contribution in [0.1, 0.15) is 97.8 Å². The van der Waals surface area contributed by atoms with Crippen molar-refractivity contribution in [3.8, 4) is 0 Å². The van der Waals surface area contributed by atoms with Crippen molar-refractivity contribution in [2.24, 2.45) is 22.6 Å². The number of rotatable bonds is 10. The van der Waals surface area contributed by atoms with Crippen molar-refractivity contribution >= 4 is 17.6 Å². The standard InChI is InChI=1S/C24H44N4O2/c1-4-7-14-24(15-8-5-2)22(29)20(10-11-21(25)27-24)19-12-17-28(18-13-19)23(30)26-16-9-6-3/h19-20H,4-18H2,1-3H3,(H2,25,27)(H,26,30). The smallest absolute Gasteiger partial charge is 0.317 e. The fraction of sp³-hybridized carbons (Fsp3) is 0.875. The van der Waals surface area contributed by atoms with Crippen LogP contribution < -0.4 is 11.1 Å². The van der Waals surface area contributed by atoms with Crippen molar-refractivity contribution in [1.29, 1.82) is 0 Å². The number of nitrogens with two attached hydrogens (primary N) is 1. The van der Waals surface area contributed by atoms with Gasteiger partial charge in [0.05, 0.1) is 5.84 Å². The predicted octanol–water partition coefficient (Wildman–Crippen LogP) is 4.66. The van der Waals surface area contributed by atoms with Crippen molar-refractivity contribution in [1.82, 2.24) is 10.2 Å². The van der Waals surface area contributed by atoms with Gasteiger partial charge in [0, 0.05) is 32.0 Å². The van der Waals surface area contributed by atoms with E-state index in [2.05, 4.69) is 26.1 Å². The quantitative estimate of drug-likeness (QED) is 0.504. The van der Waals surface area contributed by atoms with Gasteiger partial charge in [0.15, 0.2) is 5.78 Å². The van der Waals surface area contributed by atoms with Crippen molar-refractivity contribution in [2.75, 3.05) is 19.6 Å². The molecule has 0 aromatic heterocycles. The van der Waals surface area contributed by atoms with E-state index in [1.165, 1.54) is 0 Å². The molecule has 0 spiro atoms. The van der Waals surface area contributed by atoms with E-state index in [0.29, 0.717) is 24.0 Å². The van der Waals surface area contributed by atoms with E-state index in [1.54, 1.807) is 0 Å². The highest BCUT2D eigenvalue weighted by Gasteiger charge is 2.45. The average molecular weight is 421 g/mol. The Labute approximate surface area is 183 Å². The summed E-state index contributed by atoms with van der Waals surface area (Å²) in [5.74, 6) is 1.34. The number of ketones is 1. The van der Waals surface area contributed by atoms with E-state index >= 15 is 0 Å². The molecule has 1 saturated heterocycles. The van der Waals surface area contributed by atoms with Crippen LogP contribution >= 0.6 is 0 Å². The zero-order valence-corrected chi connectivity index (χ0v) is 19.5. The summed E-state index contributed by atoms with van der Waals surface area (Å²) < 4.78 is 0. The number of nitrogens with zero attached hydrogens (tertiary/aromatic N) is 2. The van der Waals surface area contributed by atoms with Gasteiger partial charge in [0.25, 0.3) is 0 Å². The first kappa shape index (κ1) is 24.7. The second-order valence-corrected chi connectivity index (χ2v) is 9.26. The number of urea groups is 1. The molecule has 2 aliphatic rings. The second-order valence-electron chi connectivity index (χ2n) is 9.26. The Bertz CT molecular complexity index is 574. The van der Waals surface area contributed by atoms with E-state index in [0.717, 1.165) is 90.3 Å². The minimum atomic E-state index is -0.619. The summed E-state index contributed by atoms with van der Waals surface area (Å²) in [6.45, 7) is 8.67. The highest BCUT2D eigenvalue weighted by molar-refractivity contribution is 5.96. The lowest BCUT2D eigenvalue weighted by atomic mass is 9.71. The maximum atomic E-state index is 13.9. The van der Waals surface area contributed by atoms with Crippen molar-refractivity contribution in [2.45, 2.75) is 103 Å². The van der Waals surface area contributed by atoms with E-state index in [4.69, 9.17) is 10.7 Å². The number of amidine groups is 1. The number of amides is 2. The number of carbonyl (C=O) groups is 2. The van der Waals surface area contributed by atoms with Gasteiger partial charge in [-0.2, -0.15) is 0 Å². The van der Waals surface area contributed by atoms with Gasteiger partial charge >= 0.3 is 6.03 Å². The monoisotopic (exact) mass is 420 g/mol. The molecule has 0 aromatic rings. The average Bonchev–Trinajstić information content (AvgIpc) is 2.87. The van der Waals surface area contributed by atoms with Crippen LogP contribution in [0.15, 0.2) is 4.99 Å². The molecule has 1 atom stereocenters. The molecule has 6 nitrogen and oxygen atoms in total. The topological polar surface area (TPSA) is 87.8 Å². The normalized spacial score (nSPS) is 22.5. The Hall–Kier alpha value is -1.59. The van der Waals surface area contributed by atoms with Crippen LogP contribution in [0.5, 0.6) is 0 Å². The molecule has 2 amide bonds. The molecule has 1 fully saturated rings. The summed E-state index contributed by atoms with van der Waals surface area (Å²) in [6.07, 6.45) is 11.2. The van der Waals surface area contributed by atoms with Gasteiger partial charge in [0.2, 0.25) is 0 Å². The molecule has 0 radical (unpaired) electrons. The van der Waals surface area contributed by atoms with Crippen molar-refractivity contribution in [3.05, 3.63) is 0 Å². The maximum absolute atomic E-state index is 13.9. The number of likely N-dealkylation sites (tertiary alicyclic amines) is 1. The largest absolute Gasteiger partial charge is 0.387 e. The minimum absolute atomic E-state index is 0.0221. The molecule has 2 heterocycles. The van der Waals surface area contributed by atoms with Crippen LogP contribution in [-0.2, 0) is 4.79 Å². The highest BCUT2D eigenvalue weighted by atomic mass is 16.2. The van der Waals surface area contributed by atoms with Crippen LogP contribution in [0.4, 0.5) is 4.79 Å². The molecule has 172 valence electrons. The van der Waals surface area contributed by atoms with Crippen molar-refractivity contribution < 1.29 is 9.59 Å². The van der Waals surface area contributed by atoms with Gasteiger partial charge in [-0.15, -0.1) is 0 Å². The van der Waals surface area contributed by atoms with Gasteiger partial charge in [-0.3, -0.25) is 9.79 Å². The first-order valence-corrected chi connectivity index (χ1v) is 12.4. The van der Waals surface area contributed by atoms with Crippen LogP contribution in [0.2, 0.25) is 0 Å². The number of piperidine rings is 1. The molecule has 3 N–H and O–H groups in total. The summed E-state index contributed by atoms with van der Waals surface area (Å²) in [5, 5.41) is 3.02. The lowest BCUT2D eigenvalue weighted by Crippen LogP contribution is -2.48. The number of nitrogens with one attached hydrogen (secondary N) is 1. The number of Topliss-reactive ketones (excluding diaryl/α,β-unsaturated/α-hetero) is 1. The third kappa shape index (κ3) is 6.45. The molecular weight excluding hydrogens is 376 g/mol. The second kappa shape index (κ2) is 12.3. The molecule has 0 aliphatic carbocycles. The fourth-order valence-corrected chi connectivity index (χ4v) is 5.03. The van der Waals surface area contributed by atoms with Gasteiger partial charge in [0.1, 0.15) is 5.54 Å². The molecule has 0 aromatic carbocycles. The van der Waals surface area contributed by atoms with Gasteiger partial charge in [-0.25, -0.2) is 4.79 Å². The van der Waals surface area contributed by atoms with Crippen molar-refractivity contribution in [3.63, 3.8) is 0 Å². The minimum Gasteiger partial charge on any atom is -0.387 e. The van der Waals surface area contributed by atoms with E-state index in [9.17, 15) is 9.59 Å². The number of unbranched alkanes of at least 4 members (excludes halogenated alkanes) is 3. The summed E-state index contributed by atoms with van der Waals surface area (Å²) in [4.78, 5) is 33.0. The molecule has 0 saturated carbocycles. The zero-order valence-electron chi connectivity index (χ0n) is 19.5. The zero-order chi connectivity index (χ0) is 22.0. The van der Waals surface area contributed by atoms with Crippen LogP contribution in [0.3, 0.4) is 0 Å². The molecule has 0 bridgehead atoms. The first-order valence-electron chi connectivity index (χ1n) is 12.4. The highest BCUT2D eigenvalue weighted by Crippen LogP contribution is 2.39. The lowest BCUT2D eigenvalue weighted by Gasteiger charge is -2.38. The molecule has 2 aliphatic heterocycles. The van der Waals surface area contributed by atoms with E-state index < -0.39 is 5.54 Å². The Morgan fingerprint density at radius 3 is 2.23 bits per heavy atom. The molecular formula is C24H44N4O2. The Balaban J connectivity index is 2.06. The summed E-state index contributed by atoms with van der Waals surface area (Å²) in [6, 6.07) is 0.0434. The van der Waals surface area contributed by atoms with Gasteiger partial charge in [-0.1, -0.05) is 52.9 Å². The number of hydrogen-bond donors (Lipinski definition) is 2. The number of hydrogen-bond acceptors (Lipinski definition) is 4. The number of carbonyl (C=O) groups excluding carboxylic acids is 2. The Kier molecular flexibility index (Phi) is 10.1. The Morgan fingerprint density at radius 2 is 1.67 bits per heavy atom. The maximum Gasteiger partial charge on any atom is 0.317 e. The SMILES string of the molecule is CCCCNC(=O)N1CCC(C2CCC(N)=NC(CCCC)(CCCC)C2=O)CC1. The van der Waals surface area contributed by atoms with Crippen LogP contribution in [0.25, 0.3) is 0 Å². The molecule has 6 heteroatoms. The van der Waals surface area contributed by atoms with Gasteiger partial charge < -0.3 is 16.0 Å². The molecule has 30 heavy (non-hydrogen) atoms. The number of aliphatic imine (C=N–C) groups is 1. The third-order valence-electron chi connectivity index (χ3n) is 6.95. The first-order chi connectivity index (χ1) is 14.5.